The van der Waals surface area contributed by atoms with Gasteiger partial charge in [-0.25, -0.2) is 9.50 Å². The van der Waals surface area contributed by atoms with Gasteiger partial charge in [-0.15, -0.1) is 0 Å². The summed E-state index contributed by atoms with van der Waals surface area (Å²) in [5.74, 6) is 0.332. The lowest BCUT2D eigenvalue weighted by molar-refractivity contribution is -0.115. The molecular formula is C19H22N6O2. The molecule has 8 nitrogen and oxygen atoms in total. The van der Waals surface area contributed by atoms with Crippen LogP contribution < -0.4 is 10.5 Å². The number of nitrogens with zero attached hydrogens (tertiary/aromatic N) is 5. The Balaban J connectivity index is 1.61. The maximum absolute atomic E-state index is 11.6. The van der Waals surface area contributed by atoms with E-state index in [4.69, 9.17) is 15.5 Å². The van der Waals surface area contributed by atoms with Crippen LogP contribution in [0.2, 0.25) is 0 Å². The van der Waals surface area contributed by atoms with Crippen molar-refractivity contribution >= 4 is 11.4 Å². The molecule has 1 amide bonds. The van der Waals surface area contributed by atoms with Crippen molar-refractivity contribution in [2.75, 3.05) is 0 Å². The minimum Gasteiger partial charge on any atom is -0.473 e. The number of aryl methyl sites for hydroxylation is 1. The van der Waals surface area contributed by atoms with E-state index in [-0.39, 0.29) is 17.9 Å². The van der Waals surface area contributed by atoms with Crippen LogP contribution in [0.1, 0.15) is 26.2 Å². The number of primary amides is 1. The van der Waals surface area contributed by atoms with E-state index >= 15 is 0 Å². The number of aromatic nitrogens is 5. The van der Waals surface area contributed by atoms with Gasteiger partial charge < -0.3 is 10.5 Å². The minimum atomic E-state index is -0.349. The fourth-order valence-electron chi connectivity index (χ4n) is 3.74. The van der Waals surface area contributed by atoms with Crippen LogP contribution in [-0.2, 0) is 11.8 Å². The SMILES string of the molecule is CC=C(C(N)=O)[C@H]1CC[C@@H](Oc2nc(-c3cnn(C)c3)cn3nccc23)C1. The highest BCUT2D eigenvalue weighted by Gasteiger charge is 2.31. The lowest BCUT2D eigenvalue weighted by Crippen LogP contribution is -2.20. The summed E-state index contributed by atoms with van der Waals surface area (Å²) >= 11 is 0. The zero-order valence-electron chi connectivity index (χ0n) is 15.4. The lowest BCUT2D eigenvalue weighted by Gasteiger charge is -2.15. The molecule has 1 saturated carbocycles. The maximum Gasteiger partial charge on any atom is 0.244 e. The Morgan fingerprint density at radius 3 is 2.89 bits per heavy atom. The Bertz CT molecular complexity index is 1020. The van der Waals surface area contributed by atoms with E-state index in [0.29, 0.717) is 11.5 Å². The zero-order valence-corrected chi connectivity index (χ0v) is 15.4. The first kappa shape index (κ1) is 17.3. The molecule has 0 aliphatic heterocycles. The van der Waals surface area contributed by atoms with Crippen molar-refractivity contribution in [2.45, 2.75) is 32.3 Å². The van der Waals surface area contributed by atoms with Crippen molar-refractivity contribution in [3.8, 4) is 17.1 Å². The lowest BCUT2D eigenvalue weighted by atomic mass is 9.97. The number of hydrogen-bond donors (Lipinski definition) is 1. The van der Waals surface area contributed by atoms with Gasteiger partial charge in [-0.3, -0.25) is 9.48 Å². The number of allylic oxidation sites excluding steroid dienone is 1. The molecule has 3 heterocycles. The molecule has 27 heavy (non-hydrogen) atoms. The summed E-state index contributed by atoms with van der Waals surface area (Å²) in [6.45, 7) is 1.85. The van der Waals surface area contributed by atoms with E-state index in [2.05, 4.69) is 10.2 Å². The van der Waals surface area contributed by atoms with E-state index < -0.39 is 0 Å². The molecule has 1 aliphatic rings. The molecule has 3 aromatic heterocycles. The van der Waals surface area contributed by atoms with E-state index in [0.717, 1.165) is 36.0 Å². The summed E-state index contributed by atoms with van der Waals surface area (Å²) in [6.07, 6.45) is 11.5. The van der Waals surface area contributed by atoms with Crippen LogP contribution in [0.4, 0.5) is 0 Å². The Labute approximate surface area is 156 Å². The number of carbonyl (C=O) groups is 1. The topological polar surface area (TPSA) is 100 Å². The van der Waals surface area contributed by atoms with E-state index in [1.165, 1.54) is 0 Å². The molecule has 0 bridgehead atoms. The Morgan fingerprint density at radius 2 is 2.19 bits per heavy atom. The molecule has 0 aromatic carbocycles. The number of carbonyl (C=O) groups excluding carboxylic acids is 1. The molecule has 4 rings (SSSR count). The van der Waals surface area contributed by atoms with Gasteiger partial charge in [0.05, 0.1) is 24.3 Å². The molecule has 140 valence electrons. The third kappa shape index (κ3) is 3.30. The number of nitrogens with two attached hydrogens (primary N) is 1. The number of ether oxygens (including phenoxy) is 1. The molecule has 0 spiro atoms. The number of hydrogen-bond acceptors (Lipinski definition) is 5. The standard InChI is InChI=1S/C19H22N6O2/c1-3-15(18(20)26)12-4-5-14(8-12)27-19-17-6-7-21-25(17)11-16(23-19)13-9-22-24(2)10-13/h3,6-7,9-12,14H,4-5,8H2,1-2H3,(H2,20,26)/t12-,14+/m0/s1. The smallest absolute Gasteiger partial charge is 0.244 e. The van der Waals surface area contributed by atoms with Crippen molar-refractivity contribution in [3.63, 3.8) is 0 Å². The van der Waals surface area contributed by atoms with Crippen LogP contribution in [0.3, 0.4) is 0 Å². The Morgan fingerprint density at radius 1 is 1.33 bits per heavy atom. The number of rotatable bonds is 5. The predicted molar refractivity (Wildman–Crippen MR) is 99.9 cm³/mol. The average Bonchev–Trinajstić information content (AvgIpc) is 3.36. The Hall–Kier alpha value is -3.16. The molecule has 0 radical (unpaired) electrons. The van der Waals surface area contributed by atoms with Crippen molar-refractivity contribution < 1.29 is 9.53 Å². The molecule has 1 aliphatic carbocycles. The highest BCUT2D eigenvalue weighted by atomic mass is 16.5. The molecule has 8 heteroatoms. The van der Waals surface area contributed by atoms with Crippen LogP contribution in [0.25, 0.3) is 16.8 Å². The fourth-order valence-corrected chi connectivity index (χ4v) is 3.74. The van der Waals surface area contributed by atoms with Gasteiger partial charge in [0.25, 0.3) is 0 Å². The van der Waals surface area contributed by atoms with Crippen molar-refractivity contribution in [1.29, 1.82) is 0 Å². The normalized spacial score (nSPS) is 20.3. The summed E-state index contributed by atoms with van der Waals surface area (Å²) in [4.78, 5) is 16.3. The second-order valence-electron chi connectivity index (χ2n) is 6.85. The van der Waals surface area contributed by atoms with Gasteiger partial charge in [-0.1, -0.05) is 6.08 Å². The van der Waals surface area contributed by atoms with Crippen LogP contribution in [0, 0.1) is 5.92 Å². The average molecular weight is 366 g/mol. The third-order valence-electron chi connectivity index (χ3n) is 5.05. The maximum atomic E-state index is 11.6. The summed E-state index contributed by atoms with van der Waals surface area (Å²) in [5, 5.41) is 8.53. The van der Waals surface area contributed by atoms with E-state index in [9.17, 15) is 4.79 Å². The van der Waals surface area contributed by atoms with E-state index in [1.54, 1.807) is 21.6 Å². The molecule has 3 aromatic rings. The van der Waals surface area contributed by atoms with Gasteiger partial charge in [-0.05, 0) is 38.2 Å². The van der Waals surface area contributed by atoms with Gasteiger partial charge >= 0.3 is 0 Å². The van der Waals surface area contributed by atoms with Gasteiger partial charge in [-0.2, -0.15) is 10.2 Å². The number of amides is 1. The summed E-state index contributed by atoms with van der Waals surface area (Å²) in [7, 11) is 1.86. The monoisotopic (exact) mass is 366 g/mol. The Kier molecular flexibility index (Phi) is 4.39. The number of fused-ring (bicyclic) bond motifs is 1. The first-order valence-corrected chi connectivity index (χ1v) is 9.01. The molecule has 0 saturated heterocycles. The quantitative estimate of drug-likeness (QED) is 0.697. The second kappa shape index (κ2) is 6.86. The van der Waals surface area contributed by atoms with Gasteiger partial charge in [0.15, 0.2) is 0 Å². The van der Waals surface area contributed by atoms with E-state index in [1.807, 2.05) is 38.5 Å². The first-order valence-electron chi connectivity index (χ1n) is 9.01. The zero-order chi connectivity index (χ0) is 19.0. The summed E-state index contributed by atoms with van der Waals surface area (Å²) < 4.78 is 9.73. The minimum absolute atomic E-state index is 0.0142. The predicted octanol–water partition coefficient (Wildman–Crippen LogP) is 2.11. The first-order chi connectivity index (χ1) is 13.0. The van der Waals surface area contributed by atoms with Gasteiger partial charge in [0, 0.05) is 24.4 Å². The second-order valence-corrected chi connectivity index (χ2v) is 6.85. The van der Waals surface area contributed by atoms with Crippen LogP contribution in [0.15, 0.2) is 42.5 Å². The molecule has 1 fully saturated rings. The molecule has 2 N–H and O–H groups in total. The molecule has 2 atom stereocenters. The fraction of sp³-hybridized carbons (Fsp3) is 0.368. The summed E-state index contributed by atoms with van der Waals surface area (Å²) in [5.41, 5.74) is 8.63. The van der Waals surface area contributed by atoms with Gasteiger partial charge in [0.2, 0.25) is 11.8 Å². The van der Waals surface area contributed by atoms with Crippen LogP contribution >= 0.6 is 0 Å². The molecule has 0 unspecified atom stereocenters. The largest absolute Gasteiger partial charge is 0.473 e. The highest BCUT2D eigenvalue weighted by molar-refractivity contribution is 5.92. The van der Waals surface area contributed by atoms with Gasteiger partial charge in [0.1, 0.15) is 11.6 Å². The van der Waals surface area contributed by atoms with Crippen LogP contribution in [0.5, 0.6) is 5.88 Å². The summed E-state index contributed by atoms with van der Waals surface area (Å²) in [6, 6.07) is 1.88. The van der Waals surface area contributed by atoms with Crippen LogP contribution in [-0.4, -0.2) is 36.4 Å². The van der Waals surface area contributed by atoms with Crippen molar-refractivity contribution in [1.82, 2.24) is 24.4 Å². The van der Waals surface area contributed by atoms with Crippen molar-refractivity contribution in [3.05, 3.63) is 42.5 Å². The van der Waals surface area contributed by atoms with Crippen molar-refractivity contribution in [2.24, 2.45) is 18.7 Å². The molecular weight excluding hydrogens is 344 g/mol. The highest BCUT2D eigenvalue weighted by Crippen LogP contribution is 2.35. The third-order valence-corrected chi connectivity index (χ3v) is 5.05.